The molecule has 3 heterocycles. The van der Waals surface area contributed by atoms with Crippen LogP contribution in [0.3, 0.4) is 0 Å². The fourth-order valence-corrected chi connectivity index (χ4v) is 3.64. The van der Waals surface area contributed by atoms with E-state index in [9.17, 15) is 4.79 Å². The molecule has 4 rings (SSSR count). The number of amides is 1. The zero-order valence-electron chi connectivity index (χ0n) is 14.4. The van der Waals surface area contributed by atoms with E-state index in [4.69, 9.17) is 4.42 Å². The van der Waals surface area contributed by atoms with E-state index >= 15 is 0 Å². The Balaban J connectivity index is 1.66. The van der Waals surface area contributed by atoms with Crippen LogP contribution >= 0.6 is 11.3 Å². The van der Waals surface area contributed by atoms with Gasteiger partial charge in [-0.25, -0.2) is 0 Å². The monoisotopic (exact) mass is 362 g/mol. The highest BCUT2D eigenvalue weighted by atomic mass is 32.1. The first-order valence-electron chi connectivity index (χ1n) is 8.39. The van der Waals surface area contributed by atoms with Crippen LogP contribution in [0.1, 0.15) is 27.2 Å². The molecule has 0 aliphatic carbocycles. The molecule has 0 saturated heterocycles. The second kappa shape index (κ2) is 7.14. The molecular weight excluding hydrogens is 344 g/mol. The number of carbonyl (C=O) groups is 1. The highest BCUT2D eigenvalue weighted by molar-refractivity contribution is 7.07. The lowest BCUT2D eigenvalue weighted by atomic mass is 10.2. The normalized spacial score (nSPS) is 11.0. The van der Waals surface area contributed by atoms with Crippen molar-refractivity contribution >= 4 is 28.2 Å². The SMILES string of the molecule is Cc1cccc2cc(C(=O)N(Cc3cccnc3)Cc3ccsc3)oc12. The van der Waals surface area contributed by atoms with Crippen LogP contribution in [0.5, 0.6) is 0 Å². The van der Waals surface area contributed by atoms with Crippen molar-refractivity contribution in [2.45, 2.75) is 20.0 Å². The van der Waals surface area contributed by atoms with Crippen molar-refractivity contribution in [1.82, 2.24) is 9.88 Å². The Morgan fingerprint density at radius 1 is 1.15 bits per heavy atom. The van der Waals surface area contributed by atoms with Crippen LogP contribution in [-0.4, -0.2) is 15.8 Å². The van der Waals surface area contributed by atoms with Gasteiger partial charge in [0.05, 0.1) is 0 Å². The zero-order valence-corrected chi connectivity index (χ0v) is 15.2. The molecule has 0 unspecified atom stereocenters. The van der Waals surface area contributed by atoms with Crippen molar-refractivity contribution in [3.63, 3.8) is 0 Å². The second-order valence-corrected chi connectivity index (χ2v) is 7.04. The van der Waals surface area contributed by atoms with E-state index in [-0.39, 0.29) is 5.91 Å². The Morgan fingerprint density at radius 3 is 2.77 bits per heavy atom. The molecule has 4 aromatic rings. The number of thiophene rings is 1. The average Bonchev–Trinajstić information content (AvgIpc) is 3.32. The third-order valence-electron chi connectivity index (χ3n) is 4.29. The standard InChI is InChI=1S/C21H18N2O2S/c1-15-4-2-6-18-10-19(25-20(15)18)21(24)23(13-17-7-9-26-14-17)12-16-5-3-8-22-11-16/h2-11,14H,12-13H2,1H3. The van der Waals surface area contributed by atoms with E-state index < -0.39 is 0 Å². The Labute approximate surface area is 155 Å². The van der Waals surface area contributed by atoms with Crippen molar-refractivity contribution in [2.24, 2.45) is 0 Å². The highest BCUT2D eigenvalue weighted by Crippen LogP contribution is 2.24. The molecule has 0 atom stereocenters. The molecule has 0 N–H and O–H groups in total. The minimum atomic E-state index is -0.115. The summed E-state index contributed by atoms with van der Waals surface area (Å²) in [6.45, 7) is 3.00. The van der Waals surface area contributed by atoms with Crippen molar-refractivity contribution in [1.29, 1.82) is 0 Å². The topological polar surface area (TPSA) is 46.3 Å². The van der Waals surface area contributed by atoms with Crippen molar-refractivity contribution in [3.05, 3.63) is 88.1 Å². The number of benzene rings is 1. The first-order chi connectivity index (χ1) is 12.7. The summed E-state index contributed by atoms with van der Waals surface area (Å²) in [5.74, 6) is 0.254. The fourth-order valence-electron chi connectivity index (χ4n) is 2.98. The third kappa shape index (κ3) is 3.39. The number of hydrogen-bond acceptors (Lipinski definition) is 4. The van der Waals surface area contributed by atoms with Crippen molar-refractivity contribution in [2.75, 3.05) is 0 Å². The van der Waals surface area contributed by atoms with Crippen LogP contribution in [-0.2, 0) is 13.1 Å². The summed E-state index contributed by atoms with van der Waals surface area (Å²) in [6, 6.07) is 13.6. The number of rotatable bonds is 5. The lowest BCUT2D eigenvalue weighted by Crippen LogP contribution is -2.29. The molecule has 26 heavy (non-hydrogen) atoms. The van der Waals surface area contributed by atoms with Gasteiger partial charge in [-0.05, 0) is 52.6 Å². The summed E-state index contributed by atoms with van der Waals surface area (Å²) in [7, 11) is 0. The molecule has 0 bridgehead atoms. The quantitative estimate of drug-likeness (QED) is 0.500. The highest BCUT2D eigenvalue weighted by Gasteiger charge is 2.21. The molecule has 0 fully saturated rings. The maximum Gasteiger partial charge on any atom is 0.290 e. The second-order valence-electron chi connectivity index (χ2n) is 6.26. The van der Waals surface area contributed by atoms with Gasteiger partial charge in [0.2, 0.25) is 0 Å². The van der Waals surface area contributed by atoms with Crippen LogP contribution in [0.2, 0.25) is 0 Å². The van der Waals surface area contributed by atoms with Crippen LogP contribution in [0.15, 0.2) is 70.0 Å². The van der Waals surface area contributed by atoms with E-state index in [1.165, 1.54) is 0 Å². The number of aromatic nitrogens is 1. The number of para-hydroxylation sites is 1. The molecule has 4 nitrogen and oxygen atoms in total. The molecule has 5 heteroatoms. The molecule has 1 amide bonds. The summed E-state index contributed by atoms with van der Waals surface area (Å²) < 4.78 is 5.89. The van der Waals surface area contributed by atoms with Gasteiger partial charge in [0, 0.05) is 30.9 Å². The Hall–Kier alpha value is -2.92. The number of pyridine rings is 1. The Kier molecular flexibility index (Phi) is 4.54. The molecule has 3 aromatic heterocycles. The molecule has 130 valence electrons. The van der Waals surface area contributed by atoms with E-state index in [2.05, 4.69) is 10.4 Å². The molecule has 0 radical (unpaired) electrons. The first-order valence-corrected chi connectivity index (χ1v) is 9.33. The predicted octanol–water partition coefficient (Wildman–Crippen LogP) is 5.04. The zero-order chi connectivity index (χ0) is 17.9. The summed E-state index contributed by atoms with van der Waals surface area (Å²) in [4.78, 5) is 19.1. The minimum Gasteiger partial charge on any atom is -0.451 e. The summed E-state index contributed by atoms with van der Waals surface area (Å²) in [6.07, 6.45) is 3.52. The van der Waals surface area contributed by atoms with Crippen LogP contribution in [0.25, 0.3) is 11.0 Å². The van der Waals surface area contributed by atoms with E-state index in [1.807, 2.05) is 54.8 Å². The number of furan rings is 1. The smallest absolute Gasteiger partial charge is 0.290 e. The average molecular weight is 362 g/mol. The van der Waals surface area contributed by atoms with Gasteiger partial charge in [-0.1, -0.05) is 24.3 Å². The number of aryl methyl sites for hydroxylation is 1. The molecule has 0 aliphatic rings. The summed E-state index contributed by atoms with van der Waals surface area (Å²) in [5.41, 5.74) is 3.90. The molecule has 0 saturated carbocycles. The van der Waals surface area contributed by atoms with Crippen LogP contribution in [0.4, 0.5) is 0 Å². The van der Waals surface area contributed by atoms with Gasteiger partial charge in [0.25, 0.3) is 5.91 Å². The molecule has 1 aromatic carbocycles. The Bertz CT molecular complexity index is 1020. The van der Waals surface area contributed by atoms with E-state index in [1.54, 1.807) is 28.6 Å². The van der Waals surface area contributed by atoms with Gasteiger partial charge < -0.3 is 9.32 Å². The molecular formula is C21H18N2O2S. The largest absolute Gasteiger partial charge is 0.451 e. The lowest BCUT2D eigenvalue weighted by Gasteiger charge is -2.21. The lowest BCUT2D eigenvalue weighted by molar-refractivity contribution is 0.0700. The minimum absolute atomic E-state index is 0.115. The fraction of sp³-hybridized carbons (Fsp3) is 0.143. The number of nitrogens with zero attached hydrogens (tertiary/aromatic N) is 2. The van der Waals surface area contributed by atoms with Crippen LogP contribution in [0, 0.1) is 6.92 Å². The third-order valence-corrected chi connectivity index (χ3v) is 5.02. The van der Waals surface area contributed by atoms with E-state index in [0.717, 1.165) is 27.7 Å². The predicted molar refractivity (Wildman–Crippen MR) is 103 cm³/mol. The van der Waals surface area contributed by atoms with Crippen molar-refractivity contribution < 1.29 is 9.21 Å². The van der Waals surface area contributed by atoms with Gasteiger partial charge in [-0.3, -0.25) is 9.78 Å². The maximum absolute atomic E-state index is 13.2. The first kappa shape index (κ1) is 16.5. The number of fused-ring (bicyclic) bond motifs is 1. The van der Waals surface area contributed by atoms with Gasteiger partial charge in [0.15, 0.2) is 5.76 Å². The number of carbonyl (C=O) groups excluding carboxylic acids is 1. The van der Waals surface area contributed by atoms with Crippen molar-refractivity contribution in [3.8, 4) is 0 Å². The maximum atomic E-state index is 13.2. The van der Waals surface area contributed by atoms with E-state index in [0.29, 0.717) is 18.8 Å². The Morgan fingerprint density at radius 2 is 2.04 bits per heavy atom. The van der Waals surface area contributed by atoms with Gasteiger partial charge in [-0.2, -0.15) is 11.3 Å². The molecule has 0 aliphatic heterocycles. The van der Waals surface area contributed by atoms with Crippen LogP contribution < -0.4 is 0 Å². The summed E-state index contributed by atoms with van der Waals surface area (Å²) in [5, 5.41) is 5.03. The number of hydrogen-bond donors (Lipinski definition) is 0. The summed E-state index contributed by atoms with van der Waals surface area (Å²) >= 11 is 1.63. The van der Waals surface area contributed by atoms with Gasteiger partial charge in [-0.15, -0.1) is 0 Å². The van der Waals surface area contributed by atoms with Gasteiger partial charge >= 0.3 is 0 Å². The van der Waals surface area contributed by atoms with Gasteiger partial charge in [0.1, 0.15) is 5.58 Å². The molecule has 0 spiro atoms.